The van der Waals surface area contributed by atoms with Gasteiger partial charge in [-0.15, -0.1) is 0 Å². The smallest absolute Gasteiger partial charge is 0.123 e. The van der Waals surface area contributed by atoms with E-state index in [0.29, 0.717) is 5.02 Å². The average molecular weight is 310 g/mol. The van der Waals surface area contributed by atoms with Crippen LogP contribution in [0.2, 0.25) is 5.02 Å². The number of aromatic nitrogens is 2. The first-order valence-corrected chi connectivity index (χ1v) is 7.67. The molecule has 0 aliphatic heterocycles. The molecule has 0 fully saturated rings. The SMILES string of the molecule is CCCNC(c1cc(F)ccc1Cl)c1cc(C)nn1CC. The summed E-state index contributed by atoms with van der Waals surface area (Å²) in [5, 5.41) is 8.48. The van der Waals surface area contributed by atoms with Crippen molar-refractivity contribution in [1.82, 2.24) is 15.1 Å². The minimum atomic E-state index is -0.281. The van der Waals surface area contributed by atoms with Crippen LogP contribution in [0.5, 0.6) is 0 Å². The largest absolute Gasteiger partial charge is 0.305 e. The molecule has 0 radical (unpaired) electrons. The first-order chi connectivity index (χ1) is 10.1. The summed E-state index contributed by atoms with van der Waals surface area (Å²) in [5.74, 6) is -0.281. The van der Waals surface area contributed by atoms with Crippen molar-refractivity contribution in [3.8, 4) is 0 Å². The highest BCUT2D eigenvalue weighted by molar-refractivity contribution is 6.31. The fourth-order valence-electron chi connectivity index (χ4n) is 2.45. The molecular weight excluding hydrogens is 289 g/mol. The van der Waals surface area contributed by atoms with Gasteiger partial charge in [-0.05, 0) is 56.6 Å². The summed E-state index contributed by atoms with van der Waals surface area (Å²) in [6, 6.07) is 6.35. The van der Waals surface area contributed by atoms with Gasteiger partial charge in [0.2, 0.25) is 0 Å². The van der Waals surface area contributed by atoms with Crippen molar-refractivity contribution in [1.29, 1.82) is 0 Å². The van der Waals surface area contributed by atoms with Crippen LogP contribution >= 0.6 is 11.6 Å². The monoisotopic (exact) mass is 309 g/mol. The summed E-state index contributed by atoms with van der Waals surface area (Å²) in [4.78, 5) is 0. The lowest BCUT2D eigenvalue weighted by Gasteiger charge is -2.21. The van der Waals surface area contributed by atoms with Gasteiger partial charge in [0.1, 0.15) is 5.82 Å². The van der Waals surface area contributed by atoms with Crippen LogP contribution in [-0.2, 0) is 6.54 Å². The van der Waals surface area contributed by atoms with Gasteiger partial charge in [0.25, 0.3) is 0 Å². The van der Waals surface area contributed by atoms with E-state index < -0.39 is 0 Å². The van der Waals surface area contributed by atoms with Gasteiger partial charge in [0.05, 0.1) is 17.4 Å². The van der Waals surface area contributed by atoms with Crippen LogP contribution in [0.15, 0.2) is 24.3 Å². The third-order valence-electron chi connectivity index (χ3n) is 3.40. The van der Waals surface area contributed by atoms with Gasteiger partial charge in [-0.2, -0.15) is 5.10 Å². The molecule has 21 heavy (non-hydrogen) atoms. The maximum absolute atomic E-state index is 13.6. The molecule has 0 aliphatic rings. The number of nitrogens with one attached hydrogen (secondary N) is 1. The predicted molar refractivity (Wildman–Crippen MR) is 84.2 cm³/mol. The highest BCUT2D eigenvalue weighted by Crippen LogP contribution is 2.29. The van der Waals surface area contributed by atoms with Gasteiger partial charge in [-0.1, -0.05) is 18.5 Å². The standard InChI is InChI=1S/C16H21ClFN3/c1-4-8-19-16(13-10-12(18)6-7-14(13)17)15-9-11(3)20-21(15)5-2/h6-7,9-10,16,19H,4-5,8H2,1-3H3. The lowest BCUT2D eigenvalue weighted by molar-refractivity contribution is 0.525. The Morgan fingerprint density at radius 3 is 2.76 bits per heavy atom. The summed E-state index contributed by atoms with van der Waals surface area (Å²) in [6.07, 6.45) is 0.989. The van der Waals surface area contributed by atoms with Crippen LogP contribution < -0.4 is 5.32 Å². The fourth-order valence-corrected chi connectivity index (χ4v) is 2.68. The molecule has 0 saturated carbocycles. The third-order valence-corrected chi connectivity index (χ3v) is 3.74. The number of aryl methyl sites for hydroxylation is 2. The van der Waals surface area contributed by atoms with E-state index in [-0.39, 0.29) is 11.9 Å². The fraction of sp³-hybridized carbons (Fsp3) is 0.438. The van der Waals surface area contributed by atoms with E-state index in [1.807, 2.05) is 24.6 Å². The summed E-state index contributed by atoms with van der Waals surface area (Å²) in [7, 11) is 0. The Hall–Kier alpha value is -1.39. The molecule has 5 heteroatoms. The number of hydrogen-bond donors (Lipinski definition) is 1. The zero-order valence-electron chi connectivity index (χ0n) is 12.7. The number of benzene rings is 1. The molecule has 1 heterocycles. The van der Waals surface area contributed by atoms with Crippen molar-refractivity contribution >= 4 is 11.6 Å². The highest BCUT2D eigenvalue weighted by atomic mass is 35.5. The van der Waals surface area contributed by atoms with E-state index in [4.69, 9.17) is 11.6 Å². The summed E-state index contributed by atoms with van der Waals surface area (Å²) in [5.41, 5.74) is 2.71. The summed E-state index contributed by atoms with van der Waals surface area (Å²) >= 11 is 6.29. The lowest BCUT2D eigenvalue weighted by atomic mass is 10.0. The van der Waals surface area contributed by atoms with E-state index in [2.05, 4.69) is 17.3 Å². The van der Waals surface area contributed by atoms with Gasteiger partial charge in [0, 0.05) is 11.6 Å². The normalized spacial score (nSPS) is 12.6. The summed E-state index contributed by atoms with van der Waals surface area (Å²) in [6.45, 7) is 7.69. The first-order valence-electron chi connectivity index (χ1n) is 7.29. The molecule has 0 aliphatic carbocycles. The molecule has 2 rings (SSSR count). The van der Waals surface area contributed by atoms with Crippen LogP contribution in [0.1, 0.15) is 43.3 Å². The van der Waals surface area contributed by atoms with Crippen molar-refractivity contribution < 1.29 is 4.39 Å². The molecule has 0 saturated heterocycles. The van der Waals surface area contributed by atoms with E-state index >= 15 is 0 Å². The maximum atomic E-state index is 13.6. The zero-order chi connectivity index (χ0) is 15.4. The molecule has 114 valence electrons. The molecular formula is C16H21ClFN3. The van der Waals surface area contributed by atoms with Crippen molar-refractivity contribution in [2.75, 3.05) is 6.54 Å². The number of halogens is 2. The third kappa shape index (κ3) is 3.63. The predicted octanol–water partition coefficient (Wildman–Crippen LogP) is 4.09. The van der Waals surface area contributed by atoms with Crippen LogP contribution in [-0.4, -0.2) is 16.3 Å². The molecule has 0 bridgehead atoms. The van der Waals surface area contributed by atoms with Gasteiger partial charge < -0.3 is 5.32 Å². The van der Waals surface area contributed by atoms with Crippen LogP contribution in [0.3, 0.4) is 0 Å². The Balaban J connectivity index is 2.49. The molecule has 0 spiro atoms. The van der Waals surface area contributed by atoms with Gasteiger partial charge in [-0.3, -0.25) is 4.68 Å². The second-order valence-electron chi connectivity index (χ2n) is 5.08. The molecule has 1 aromatic heterocycles. The molecule has 1 atom stereocenters. The van der Waals surface area contributed by atoms with E-state index in [1.165, 1.54) is 12.1 Å². The second kappa shape index (κ2) is 7.05. The number of hydrogen-bond acceptors (Lipinski definition) is 2. The van der Waals surface area contributed by atoms with Crippen molar-refractivity contribution in [3.63, 3.8) is 0 Å². The Labute approximate surface area is 130 Å². The van der Waals surface area contributed by atoms with Crippen molar-refractivity contribution in [3.05, 3.63) is 52.1 Å². The second-order valence-corrected chi connectivity index (χ2v) is 5.49. The van der Waals surface area contributed by atoms with Gasteiger partial charge >= 0.3 is 0 Å². The maximum Gasteiger partial charge on any atom is 0.123 e. The van der Waals surface area contributed by atoms with E-state index in [0.717, 1.165) is 36.5 Å². The Bertz CT molecular complexity index is 610. The summed E-state index contributed by atoms with van der Waals surface area (Å²) < 4.78 is 15.6. The molecule has 1 aromatic carbocycles. The van der Waals surface area contributed by atoms with Crippen LogP contribution in [0.4, 0.5) is 4.39 Å². The Morgan fingerprint density at radius 1 is 1.33 bits per heavy atom. The van der Waals surface area contributed by atoms with Crippen molar-refractivity contribution in [2.24, 2.45) is 0 Å². The molecule has 2 aromatic rings. The van der Waals surface area contributed by atoms with E-state index in [1.54, 1.807) is 6.07 Å². The number of nitrogens with zero attached hydrogens (tertiary/aromatic N) is 2. The zero-order valence-corrected chi connectivity index (χ0v) is 13.4. The molecule has 1 unspecified atom stereocenters. The lowest BCUT2D eigenvalue weighted by Crippen LogP contribution is -2.26. The number of rotatable bonds is 6. The Kier molecular flexibility index (Phi) is 5.37. The quantitative estimate of drug-likeness (QED) is 0.871. The van der Waals surface area contributed by atoms with E-state index in [9.17, 15) is 4.39 Å². The topological polar surface area (TPSA) is 29.9 Å². The Morgan fingerprint density at radius 2 is 2.10 bits per heavy atom. The highest BCUT2D eigenvalue weighted by Gasteiger charge is 2.21. The molecule has 0 amide bonds. The minimum absolute atomic E-state index is 0.158. The van der Waals surface area contributed by atoms with Crippen molar-refractivity contribution in [2.45, 2.75) is 39.8 Å². The molecule has 1 N–H and O–H groups in total. The average Bonchev–Trinajstić information content (AvgIpc) is 2.84. The first kappa shape index (κ1) is 16.0. The van der Waals surface area contributed by atoms with Gasteiger partial charge in [0.15, 0.2) is 0 Å². The van der Waals surface area contributed by atoms with Gasteiger partial charge in [-0.25, -0.2) is 4.39 Å². The van der Waals surface area contributed by atoms with Crippen LogP contribution in [0.25, 0.3) is 0 Å². The van der Waals surface area contributed by atoms with Crippen LogP contribution in [0, 0.1) is 12.7 Å². The molecule has 3 nitrogen and oxygen atoms in total. The minimum Gasteiger partial charge on any atom is -0.305 e.